The quantitative estimate of drug-likeness (QED) is 0.470. The first-order chi connectivity index (χ1) is 10.1. The predicted octanol–water partition coefficient (Wildman–Crippen LogP) is 4.27. The molecule has 0 heterocycles. The lowest BCUT2D eigenvalue weighted by Gasteiger charge is -2.13. The fourth-order valence-electron chi connectivity index (χ4n) is 1.74. The third-order valence-corrected chi connectivity index (χ3v) is 3.05. The third-order valence-electron chi connectivity index (χ3n) is 2.76. The molecule has 7 heteroatoms. The van der Waals surface area contributed by atoms with Gasteiger partial charge in [0.2, 0.25) is 0 Å². The van der Waals surface area contributed by atoms with Crippen LogP contribution >= 0.6 is 11.6 Å². The highest BCUT2D eigenvalue weighted by molar-refractivity contribution is 6.17. The van der Waals surface area contributed by atoms with E-state index in [1.54, 1.807) is 6.07 Å². The van der Waals surface area contributed by atoms with E-state index in [0.717, 1.165) is 0 Å². The third kappa shape index (κ3) is 3.22. The van der Waals surface area contributed by atoms with E-state index in [-0.39, 0.29) is 28.8 Å². The van der Waals surface area contributed by atoms with Gasteiger partial charge in [-0.25, -0.2) is 4.39 Å². The van der Waals surface area contributed by atoms with Crippen LogP contribution in [-0.2, 0) is 5.88 Å². The van der Waals surface area contributed by atoms with Crippen molar-refractivity contribution in [3.63, 3.8) is 0 Å². The number of non-ortho nitro benzene ring substituents is 1. The summed E-state index contributed by atoms with van der Waals surface area (Å²) in [5, 5.41) is 10.7. The summed E-state index contributed by atoms with van der Waals surface area (Å²) in [6, 6.07) is 8.19. The van der Waals surface area contributed by atoms with Crippen molar-refractivity contribution in [2.45, 2.75) is 5.88 Å². The molecule has 0 atom stereocenters. The summed E-state index contributed by atoms with van der Waals surface area (Å²) in [4.78, 5) is 10.2. The number of benzene rings is 2. The molecule has 0 aliphatic heterocycles. The Morgan fingerprint density at radius 3 is 2.67 bits per heavy atom. The van der Waals surface area contributed by atoms with Crippen LogP contribution in [-0.4, -0.2) is 12.0 Å². The van der Waals surface area contributed by atoms with Gasteiger partial charge in [0.1, 0.15) is 0 Å². The standard InChI is InChI=1S/C14H11ClFNO4/c1-20-13-7-10(17(18)19)5-6-12(13)21-14-9(8-15)3-2-4-11(14)16/h2-7H,8H2,1H3. The SMILES string of the molecule is COc1cc([N+](=O)[O-])ccc1Oc1c(F)cccc1CCl. The Bertz CT molecular complexity index is 678. The van der Waals surface area contributed by atoms with E-state index in [1.807, 2.05) is 0 Å². The Balaban J connectivity index is 2.42. The van der Waals surface area contributed by atoms with Crippen molar-refractivity contribution in [3.8, 4) is 17.2 Å². The van der Waals surface area contributed by atoms with Crippen molar-refractivity contribution in [1.29, 1.82) is 0 Å². The summed E-state index contributed by atoms with van der Waals surface area (Å²) in [5.41, 5.74) is 0.322. The number of methoxy groups -OCH3 is 1. The first-order valence-electron chi connectivity index (χ1n) is 5.90. The van der Waals surface area contributed by atoms with Crippen molar-refractivity contribution >= 4 is 17.3 Å². The van der Waals surface area contributed by atoms with E-state index < -0.39 is 10.7 Å². The van der Waals surface area contributed by atoms with Gasteiger partial charge in [-0.1, -0.05) is 12.1 Å². The number of halogens is 2. The van der Waals surface area contributed by atoms with Gasteiger partial charge in [0.25, 0.3) is 5.69 Å². The van der Waals surface area contributed by atoms with Crippen LogP contribution in [0.2, 0.25) is 0 Å². The Labute approximate surface area is 125 Å². The zero-order chi connectivity index (χ0) is 15.4. The number of nitro groups is 1. The zero-order valence-electron chi connectivity index (χ0n) is 11.0. The highest BCUT2D eigenvalue weighted by atomic mass is 35.5. The molecule has 0 radical (unpaired) electrons. The second-order valence-corrected chi connectivity index (χ2v) is 4.32. The van der Waals surface area contributed by atoms with Crippen molar-refractivity contribution in [2.75, 3.05) is 7.11 Å². The monoisotopic (exact) mass is 311 g/mol. The minimum absolute atomic E-state index is 0.0281. The molecule has 0 unspecified atom stereocenters. The summed E-state index contributed by atoms with van der Waals surface area (Å²) >= 11 is 5.74. The van der Waals surface area contributed by atoms with E-state index in [9.17, 15) is 14.5 Å². The van der Waals surface area contributed by atoms with Crippen molar-refractivity contribution in [2.24, 2.45) is 0 Å². The van der Waals surface area contributed by atoms with E-state index in [2.05, 4.69) is 0 Å². The number of hydrogen-bond acceptors (Lipinski definition) is 4. The van der Waals surface area contributed by atoms with Crippen LogP contribution in [0, 0.1) is 15.9 Å². The van der Waals surface area contributed by atoms with Gasteiger partial charge in [0, 0.05) is 11.6 Å². The van der Waals surface area contributed by atoms with Gasteiger partial charge in [-0.3, -0.25) is 10.1 Å². The predicted molar refractivity (Wildman–Crippen MR) is 75.7 cm³/mol. The van der Waals surface area contributed by atoms with E-state index in [1.165, 1.54) is 37.4 Å². The second kappa shape index (κ2) is 6.41. The van der Waals surface area contributed by atoms with E-state index in [0.29, 0.717) is 5.56 Å². The molecule has 2 rings (SSSR count). The first kappa shape index (κ1) is 15.1. The largest absolute Gasteiger partial charge is 0.493 e. The molecule has 5 nitrogen and oxygen atoms in total. The number of nitrogens with zero attached hydrogens (tertiary/aromatic N) is 1. The fourth-order valence-corrected chi connectivity index (χ4v) is 1.95. The Morgan fingerprint density at radius 1 is 1.29 bits per heavy atom. The van der Waals surface area contributed by atoms with E-state index >= 15 is 0 Å². The van der Waals surface area contributed by atoms with E-state index in [4.69, 9.17) is 21.1 Å². The molecule has 0 bridgehead atoms. The first-order valence-corrected chi connectivity index (χ1v) is 6.44. The maximum atomic E-state index is 13.8. The average Bonchev–Trinajstić information content (AvgIpc) is 2.49. The Kier molecular flexibility index (Phi) is 4.59. The lowest BCUT2D eigenvalue weighted by atomic mass is 10.2. The highest BCUT2D eigenvalue weighted by Crippen LogP contribution is 2.37. The average molecular weight is 312 g/mol. The van der Waals surface area contributed by atoms with Gasteiger partial charge in [-0.15, -0.1) is 11.6 Å². The minimum Gasteiger partial charge on any atom is -0.493 e. The molecule has 0 fully saturated rings. The maximum absolute atomic E-state index is 13.8. The molecule has 0 aliphatic rings. The number of para-hydroxylation sites is 1. The molecule has 0 spiro atoms. The molecule has 0 saturated heterocycles. The topological polar surface area (TPSA) is 61.6 Å². The number of alkyl halides is 1. The van der Waals surface area contributed by atoms with Gasteiger partial charge in [0.15, 0.2) is 23.1 Å². The lowest BCUT2D eigenvalue weighted by molar-refractivity contribution is -0.384. The van der Waals surface area contributed by atoms with Crippen molar-refractivity contribution in [3.05, 3.63) is 57.9 Å². The summed E-state index contributed by atoms with van der Waals surface area (Å²) < 4.78 is 24.4. The summed E-state index contributed by atoms with van der Waals surface area (Å²) in [6.45, 7) is 0. The highest BCUT2D eigenvalue weighted by Gasteiger charge is 2.16. The molecular formula is C14H11ClFNO4. The number of hydrogen-bond donors (Lipinski definition) is 0. The lowest BCUT2D eigenvalue weighted by Crippen LogP contribution is -1.97. The molecule has 21 heavy (non-hydrogen) atoms. The summed E-state index contributed by atoms with van der Waals surface area (Å²) in [5.74, 6) is -0.233. The number of ether oxygens (including phenoxy) is 2. The molecule has 0 amide bonds. The Hall–Kier alpha value is -2.34. The van der Waals surface area contributed by atoms with Crippen LogP contribution in [0.3, 0.4) is 0 Å². The van der Waals surface area contributed by atoms with Gasteiger partial charge < -0.3 is 9.47 Å². The summed E-state index contributed by atoms with van der Waals surface area (Å²) in [7, 11) is 1.34. The molecule has 110 valence electrons. The van der Waals surface area contributed by atoms with Crippen LogP contribution in [0.1, 0.15) is 5.56 Å². The van der Waals surface area contributed by atoms with Crippen LogP contribution in [0.15, 0.2) is 36.4 Å². The normalized spacial score (nSPS) is 10.2. The minimum atomic E-state index is -0.575. The maximum Gasteiger partial charge on any atom is 0.273 e. The molecule has 0 aromatic heterocycles. The van der Waals surface area contributed by atoms with Crippen molar-refractivity contribution in [1.82, 2.24) is 0 Å². The molecular weight excluding hydrogens is 301 g/mol. The van der Waals surface area contributed by atoms with Crippen LogP contribution < -0.4 is 9.47 Å². The van der Waals surface area contributed by atoms with Crippen LogP contribution in [0.4, 0.5) is 10.1 Å². The number of rotatable bonds is 5. The molecule has 0 saturated carbocycles. The molecule has 2 aromatic carbocycles. The summed E-state index contributed by atoms with van der Waals surface area (Å²) in [6.07, 6.45) is 0. The fraction of sp³-hybridized carbons (Fsp3) is 0.143. The van der Waals surface area contributed by atoms with Gasteiger partial charge in [0.05, 0.1) is 24.0 Å². The Morgan fingerprint density at radius 2 is 2.05 bits per heavy atom. The molecule has 0 N–H and O–H groups in total. The molecule has 0 aliphatic carbocycles. The van der Waals surface area contributed by atoms with Crippen LogP contribution in [0.5, 0.6) is 17.2 Å². The van der Waals surface area contributed by atoms with Crippen molar-refractivity contribution < 1.29 is 18.8 Å². The van der Waals surface area contributed by atoms with Gasteiger partial charge >= 0.3 is 0 Å². The second-order valence-electron chi connectivity index (χ2n) is 4.06. The van der Waals surface area contributed by atoms with Gasteiger partial charge in [-0.2, -0.15) is 0 Å². The zero-order valence-corrected chi connectivity index (χ0v) is 11.8. The smallest absolute Gasteiger partial charge is 0.273 e. The van der Waals surface area contributed by atoms with Crippen LogP contribution in [0.25, 0.3) is 0 Å². The van der Waals surface area contributed by atoms with Gasteiger partial charge in [-0.05, 0) is 12.1 Å². The number of nitro benzene ring substituents is 1. The molecule has 2 aromatic rings.